The number of hydrogen-bond donors (Lipinski definition) is 3. The minimum atomic E-state index is 0. The predicted molar refractivity (Wildman–Crippen MR) is 131 cm³/mol. The molecule has 0 aromatic rings. The van der Waals surface area contributed by atoms with E-state index in [2.05, 4.69) is 48.1 Å². The molecule has 2 aliphatic rings. The third-order valence-corrected chi connectivity index (χ3v) is 6.77. The van der Waals surface area contributed by atoms with Crippen molar-refractivity contribution < 1.29 is 9.84 Å². The van der Waals surface area contributed by atoms with Crippen LogP contribution >= 0.6 is 35.7 Å². The summed E-state index contributed by atoms with van der Waals surface area (Å²) in [6, 6.07) is 0. The second-order valence-corrected chi connectivity index (χ2v) is 9.32. The number of hydrogen-bond acceptors (Lipinski definition) is 5. The minimum Gasteiger partial charge on any atom is -0.396 e. The highest BCUT2D eigenvalue weighted by Gasteiger charge is 2.40. The number of ether oxygens (including phenoxy) is 1. The summed E-state index contributed by atoms with van der Waals surface area (Å²) in [5, 5.41) is 16.3. The number of rotatable bonds is 10. The van der Waals surface area contributed by atoms with E-state index in [1.54, 1.807) is 0 Å². The average Bonchev–Trinajstić information content (AvgIpc) is 3.14. The fourth-order valence-corrected chi connectivity index (χ4v) is 5.54. The predicted octanol–water partition coefficient (Wildman–Crippen LogP) is 2.41. The maximum absolute atomic E-state index is 9.35. The van der Waals surface area contributed by atoms with E-state index in [0.717, 1.165) is 70.5 Å². The van der Waals surface area contributed by atoms with E-state index in [0.29, 0.717) is 11.8 Å². The summed E-state index contributed by atoms with van der Waals surface area (Å²) in [6.45, 7) is 13.1. The fourth-order valence-electron chi connectivity index (χ4n) is 4.07. The number of aliphatic imine (C=N–C) groups is 1. The van der Waals surface area contributed by atoms with Gasteiger partial charge in [0.15, 0.2) is 5.96 Å². The summed E-state index contributed by atoms with van der Waals surface area (Å²) in [6.07, 6.45) is 3.18. The average molecular weight is 529 g/mol. The van der Waals surface area contributed by atoms with Crippen LogP contribution in [0, 0.1) is 11.8 Å². The van der Waals surface area contributed by atoms with Gasteiger partial charge in [0.1, 0.15) is 0 Å². The van der Waals surface area contributed by atoms with Crippen LogP contribution in [0.3, 0.4) is 0 Å². The molecular formula is C20H41IN4O2S. The first-order chi connectivity index (χ1) is 13.1. The normalized spacial score (nSPS) is 24.8. The van der Waals surface area contributed by atoms with Gasteiger partial charge in [0.05, 0.1) is 25.3 Å². The Labute approximate surface area is 193 Å². The Bertz CT molecular complexity index is 442. The first-order valence-corrected chi connectivity index (χ1v) is 11.8. The zero-order valence-electron chi connectivity index (χ0n) is 17.9. The molecule has 2 atom stereocenters. The van der Waals surface area contributed by atoms with Crippen molar-refractivity contribution in [1.82, 2.24) is 15.5 Å². The highest BCUT2D eigenvalue weighted by Crippen LogP contribution is 2.34. The van der Waals surface area contributed by atoms with E-state index in [-0.39, 0.29) is 36.1 Å². The van der Waals surface area contributed by atoms with Gasteiger partial charge in [-0.05, 0) is 43.8 Å². The molecule has 8 heteroatoms. The maximum Gasteiger partial charge on any atom is 0.191 e. The summed E-state index contributed by atoms with van der Waals surface area (Å²) >= 11 is 2.05. The number of nitrogens with zero attached hydrogens (tertiary/aromatic N) is 2. The molecule has 2 aliphatic heterocycles. The first-order valence-electron chi connectivity index (χ1n) is 10.6. The summed E-state index contributed by atoms with van der Waals surface area (Å²) in [5.41, 5.74) is 0.180. The summed E-state index contributed by atoms with van der Waals surface area (Å²) < 4.78 is 5.56. The third-order valence-electron chi connectivity index (χ3n) is 5.54. The van der Waals surface area contributed by atoms with Gasteiger partial charge in [-0.25, -0.2) is 0 Å². The number of thioether (sulfide) groups is 1. The number of guanidine groups is 1. The van der Waals surface area contributed by atoms with Crippen LogP contribution in [0.25, 0.3) is 0 Å². The molecule has 0 aliphatic carbocycles. The van der Waals surface area contributed by atoms with Gasteiger partial charge in [-0.1, -0.05) is 13.8 Å². The van der Waals surface area contributed by atoms with Crippen molar-refractivity contribution in [3.8, 4) is 0 Å². The van der Waals surface area contributed by atoms with Crippen molar-refractivity contribution in [2.24, 2.45) is 16.8 Å². The molecule has 0 saturated carbocycles. The third kappa shape index (κ3) is 8.53. The lowest BCUT2D eigenvalue weighted by molar-refractivity contribution is -0.0104. The Morgan fingerprint density at radius 3 is 2.61 bits per heavy atom. The van der Waals surface area contributed by atoms with E-state index in [1.807, 2.05) is 0 Å². The van der Waals surface area contributed by atoms with Gasteiger partial charge >= 0.3 is 0 Å². The molecule has 2 unspecified atom stereocenters. The van der Waals surface area contributed by atoms with Crippen LogP contribution in [-0.2, 0) is 4.74 Å². The van der Waals surface area contributed by atoms with Crippen LogP contribution in [0.2, 0.25) is 0 Å². The maximum atomic E-state index is 9.35. The Hall–Kier alpha value is 0.230. The number of aliphatic hydroxyl groups is 1. The zero-order chi connectivity index (χ0) is 19.5. The van der Waals surface area contributed by atoms with Crippen molar-refractivity contribution in [2.75, 3.05) is 64.1 Å². The summed E-state index contributed by atoms with van der Waals surface area (Å²) in [7, 11) is 0. The van der Waals surface area contributed by atoms with Crippen molar-refractivity contribution >= 4 is 41.7 Å². The second kappa shape index (κ2) is 14.3. The lowest BCUT2D eigenvalue weighted by atomic mass is 9.94. The van der Waals surface area contributed by atoms with Crippen LogP contribution < -0.4 is 10.6 Å². The SMILES string of the molecule is CCNC(=NCC1(N2CCOCC2)CCSC1)NCC(CCO)CC(C)C.I. The van der Waals surface area contributed by atoms with Crippen LogP contribution in [0.4, 0.5) is 0 Å². The molecule has 2 fully saturated rings. The van der Waals surface area contributed by atoms with Crippen LogP contribution in [0.1, 0.15) is 40.0 Å². The molecule has 6 nitrogen and oxygen atoms in total. The zero-order valence-corrected chi connectivity index (χ0v) is 21.1. The van der Waals surface area contributed by atoms with Gasteiger partial charge in [-0.2, -0.15) is 11.8 Å². The monoisotopic (exact) mass is 528 g/mol. The van der Waals surface area contributed by atoms with Gasteiger partial charge in [0.25, 0.3) is 0 Å². The number of halogens is 1. The van der Waals surface area contributed by atoms with Gasteiger partial charge in [-0.3, -0.25) is 9.89 Å². The van der Waals surface area contributed by atoms with Crippen molar-refractivity contribution in [3.63, 3.8) is 0 Å². The van der Waals surface area contributed by atoms with Gasteiger partial charge < -0.3 is 20.5 Å². The molecular weight excluding hydrogens is 487 g/mol. The Morgan fingerprint density at radius 1 is 1.29 bits per heavy atom. The van der Waals surface area contributed by atoms with E-state index in [1.165, 1.54) is 12.2 Å². The fraction of sp³-hybridized carbons (Fsp3) is 0.950. The quantitative estimate of drug-likeness (QED) is 0.230. The molecule has 0 radical (unpaired) electrons. The molecule has 0 amide bonds. The molecule has 28 heavy (non-hydrogen) atoms. The van der Waals surface area contributed by atoms with Gasteiger partial charge in [0.2, 0.25) is 0 Å². The molecule has 0 spiro atoms. The number of morpholine rings is 1. The lowest BCUT2D eigenvalue weighted by Crippen LogP contribution is -2.56. The van der Waals surface area contributed by atoms with Crippen LogP contribution in [0.15, 0.2) is 4.99 Å². The smallest absolute Gasteiger partial charge is 0.191 e. The number of aliphatic hydroxyl groups excluding tert-OH is 1. The Balaban J connectivity index is 0.00000392. The first kappa shape index (κ1) is 26.3. The van der Waals surface area contributed by atoms with Crippen LogP contribution in [-0.4, -0.2) is 85.6 Å². The molecule has 0 bridgehead atoms. The van der Waals surface area contributed by atoms with Gasteiger partial charge in [0, 0.05) is 38.5 Å². The molecule has 0 aromatic carbocycles. The number of nitrogens with one attached hydrogen (secondary N) is 2. The standard InChI is InChI=1S/C20H40N4O2S.HI/c1-4-21-19(22-14-18(5-9-25)13-17(2)3)23-15-20(6-12-27-16-20)24-7-10-26-11-8-24;/h17-18,25H,4-16H2,1-3H3,(H2,21,22,23);1H. The van der Waals surface area contributed by atoms with Crippen molar-refractivity contribution in [2.45, 2.75) is 45.6 Å². The summed E-state index contributed by atoms with van der Waals surface area (Å²) in [4.78, 5) is 7.60. The molecule has 2 rings (SSSR count). The van der Waals surface area contributed by atoms with E-state index >= 15 is 0 Å². The molecule has 166 valence electrons. The molecule has 2 saturated heterocycles. The van der Waals surface area contributed by atoms with Crippen molar-refractivity contribution in [1.29, 1.82) is 0 Å². The second-order valence-electron chi connectivity index (χ2n) is 8.21. The Kier molecular flexibility index (Phi) is 13.4. The molecule has 3 N–H and O–H groups in total. The van der Waals surface area contributed by atoms with E-state index < -0.39 is 0 Å². The summed E-state index contributed by atoms with van der Waals surface area (Å²) in [5.74, 6) is 4.42. The lowest BCUT2D eigenvalue weighted by Gasteiger charge is -2.42. The minimum absolute atomic E-state index is 0. The highest BCUT2D eigenvalue weighted by molar-refractivity contribution is 14.0. The van der Waals surface area contributed by atoms with E-state index in [4.69, 9.17) is 9.73 Å². The molecule has 0 aromatic heterocycles. The largest absolute Gasteiger partial charge is 0.396 e. The van der Waals surface area contributed by atoms with Crippen LogP contribution in [0.5, 0.6) is 0 Å². The van der Waals surface area contributed by atoms with E-state index in [9.17, 15) is 5.11 Å². The van der Waals surface area contributed by atoms with Crippen molar-refractivity contribution in [3.05, 3.63) is 0 Å². The Morgan fingerprint density at radius 2 is 2.04 bits per heavy atom. The topological polar surface area (TPSA) is 69.1 Å². The molecule has 2 heterocycles. The van der Waals surface area contributed by atoms with Gasteiger partial charge in [-0.15, -0.1) is 24.0 Å². The highest BCUT2D eigenvalue weighted by atomic mass is 127.